The van der Waals surface area contributed by atoms with Gasteiger partial charge in [0.15, 0.2) is 6.10 Å². The number of thiazole rings is 1. The van der Waals surface area contributed by atoms with Crippen molar-refractivity contribution >= 4 is 88.0 Å². The number of nitrogens with two attached hydrogens (primary N) is 1. The highest BCUT2D eigenvalue weighted by atomic mass is 32.1. The summed E-state index contributed by atoms with van der Waals surface area (Å²) in [5, 5.41) is 32.1. The van der Waals surface area contributed by atoms with Crippen LogP contribution in [0.5, 0.6) is 5.75 Å². The number of benzene rings is 1. The van der Waals surface area contributed by atoms with E-state index in [9.17, 15) is 62.6 Å². The molecule has 2 heterocycles. The lowest BCUT2D eigenvalue weighted by atomic mass is 9.92. The van der Waals surface area contributed by atoms with Crippen LogP contribution in [0.15, 0.2) is 35.7 Å². The minimum absolute atomic E-state index is 0.0341. The molecular weight excluding hydrogens is 1550 g/mol. The zero-order valence-electron chi connectivity index (χ0n) is 70.8. The van der Waals surface area contributed by atoms with E-state index in [4.69, 9.17) is 57.9 Å². The van der Waals surface area contributed by atoms with E-state index in [1.165, 1.54) is 31.4 Å². The summed E-state index contributed by atoms with van der Waals surface area (Å²) < 4.78 is 60.0. The molecule has 37 nitrogen and oxygen atoms in total. The first-order chi connectivity index (χ1) is 55.7. The SMILES string of the molecule is CC[C@H](C)[C@H](NC(=O)C(C)(C)N(C)C)C(=O)N(C)[C@H](C[C@@H](OC(C)=O)c1nc(C(=O)N[C@H](CCC(=O)NN)Cc2ccc(O)c(NC(=O)[C@H](C)NC(=O)[C@@H](NC(=O)[C@H](CCCCNC(=O)COCCOCCOCCOCCOCCOCCOCCOCCOCCOC)NC(=O)CCCN3C(=O)C=CC3=O)C(C)C)c2)cs1)C(C)C. The first-order valence-corrected chi connectivity index (χ1v) is 40.8. The molecule has 117 heavy (non-hydrogen) atoms. The molecule has 11 N–H and O–H groups in total. The third-order valence-corrected chi connectivity index (χ3v) is 20.0. The standard InChI is InChI=1S/C79H131N13O24S/c1-15-54(6)71(88-78(105)79(9,10)90(11)12)77(104)91(13)62(52(2)3)49-64(116-56(8)93)76-86-61(51-117-76)74(102)83-58(22-24-66(96)89-80)47-57-21-23-63(94)60(48-57)85-72(100)55(7)82-75(103)70(53(4)5)87-73(101)59(84-65(95)20-18-28-92-68(98)25-26-69(92)99)19-16-17-27-81-67(97)50-115-46-45-114-44-43-113-42-41-112-40-39-111-38-37-110-36-35-109-34-33-108-32-31-107-30-29-106-14/h21,23,25-26,48,51-55,58-59,62,64,70-71,94H,15-20,22,24,27-47,49-50,80H2,1-14H3,(H,81,97)(H,82,103)(H,83,102)(H,84,95)(H,85,100)(H,87,101)(H,88,105)(H,89,96)/t54-,55-,58+,59-,62+,64+,70-,71-/m0/s1. The van der Waals surface area contributed by atoms with Crippen LogP contribution < -0.4 is 48.5 Å². The highest BCUT2D eigenvalue weighted by Gasteiger charge is 2.40. The second-order valence-electron chi connectivity index (χ2n) is 29.4. The predicted octanol–water partition coefficient (Wildman–Crippen LogP) is 2.16. The molecule has 1 aromatic heterocycles. The van der Waals surface area contributed by atoms with Crippen molar-refractivity contribution in [2.24, 2.45) is 23.6 Å². The molecule has 0 spiro atoms. The molecule has 3 rings (SSSR count). The number of hydrazine groups is 1. The summed E-state index contributed by atoms with van der Waals surface area (Å²) in [5.74, 6) is -2.68. The summed E-state index contributed by atoms with van der Waals surface area (Å²) >= 11 is 1.06. The largest absolute Gasteiger partial charge is 0.506 e. The average Bonchev–Trinajstić information content (AvgIpc) is 1.58. The van der Waals surface area contributed by atoms with Crippen molar-refractivity contribution in [3.8, 4) is 5.75 Å². The Kier molecular flexibility index (Phi) is 50.9. The fourth-order valence-corrected chi connectivity index (χ4v) is 12.2. The number of esters is 1. The number of aromatic nitrogens is 1. The number of nitrogens with one attached hydrogen (secondary N) is 8. The van der Waals surface area contributed by atoms with E-state index >= 15 is 0 Å². The van der Waals surface area contributed by atoms with Gasteiger partial charge in [0, 0.05) is 83.0 Å². The van der Waals surface area contributed by atoms with Gasteiger partial charge in [0.2, 0.25) is 47.3 Å². The van der Waals surface area contributed by atoms with Crippen LogP contribution in [-0.4, -0.2) is 304 Å². The molecule has 662 valence electrons. The van der Waals surface area contributed by atoms with Crippen LogP contribution in [0.1, 0.15) is 154 Å². The summed E-state index contributed by atoms with van der Waals surface area (Å²) in [6.07, 6.45) is 2.53. The number of anilines is 1. The molecule has 0 unspecified atom stereocenters. The number of carbonyl (C=O) groups is 12. The molecule has 2 aromatic rings. The van der Waals surface area contributed by atoms with E-state index < -0.39 is 113 Å². The normalized spacial score (nSPS) is 14.3. The number of hydrogen-bond acceptors (Lipinski definition) is 28. The van der Waals surface area contributed by atoms with Gasteiger partial charge in [0.25, 0.3) is 17.7 Å². The maximum absolute atomic E-state index is 14.4. The van der Waals surface area contributed by atoms with Crippen LogP contribution in [0.4, 0.5) is 5.69 Å². The second kappa shape index (κ2) is 57.8. The van der Waals surface area contributed by atoms with E-state index in [0.717, 1.165) is 28.4 Å². The van der Waals surface area contributed by atoms with Crippen LogP contribution in [-0.2, 0) is 111 Å². The maximum atomic E-state index is 14.4. The molecule has 1 aliphatic rings. The summed E-state index contributed by atoms with van der Waals surface area (Å²) in [4.78, 5) is 169. The number of imide groups is 1. The highest BCUT2D eigenvalue weighted by molar-refractivity contribution is 7.09. The monoisotopic (exact) mass is 1680 g/mol. The Balaban J connectivity index is 1.55. The van der Waals surface area contributed by atoms with Gasteiger partial charge in [-0.2, -0.15) is 0 Å². The molecule has 0 aliphatic carbocycles. The Morgan fingerprint density at radius 3 is 1.68 bits per heavy atom. The summed E-state index contributed by atoms with van der Waals surface area (Å²) in [5.41, 5.74) is 1.50. The van der Waals surface area contributed by atoms with Gasteiger partial charge in [-0.1, -0.05) is 54.0 Å². The lowest BCUT2D eigenvalue weighted by Crippen LogP contribution is -2.60. The zero-order valence-corrected chi connectivity index (χ0v) is 71.6. The van der Waals surface area contributed by atoms with Crippen molar-refractivity contribution in [3.05, 3.63) is 52.0 Å². The van der Waals surface area contributed by atoms with Crippen LogP contribution in [0, 0.1) is 17.8 Å². The number of methoxy groups -OCH3 is 1. The summed E-state index contributed by atoms with van der Waals surface area (Å²) in [6.45, 7) is 24.4. The molecule has 1 aliphatic heterocycles. The van der Waals surface area contributed by atoms with Gasteiger partial charge < -0.3 is 99.3 Å². The summed E-state index contributed by atoms with van der Waals surface area (Å²) in [7, 11) is 6.82. The number of phenolic OH excluding ortho intramolecular Hbond substituents is 1. The Hall–Kier alpha value is -8.25. The Labute approximate surface area is 691 Å². The van der Waals surface area contributed by atoms with E-state index in [-0.39, 0.29) is 124 Å². The third-order valence-electron chi connectivity index (χ3n) is 19.1. The van der Waals surface area contributed by atoms with Crippen molar-refractivity contribution < 1.29 is 115 Å². The van der Waals surface area contributed by atoms with Crippen molar-refractivity contribution in [2.45, 2.75) is 181 Å². The minimum atomic E-state index is -1.28. The number of carbonyl (C=O) groups excluding carboxylic acids is 12. The topological polar surface area (TPSA) is 471 Å². The fraction of sp³-hybridized carbons (Fsp3) is 0.709. The lowest BCUT2D eigenvalue weighted by molar-refractivity contribution is -0.149. The van der Waals surface area contributed by atoms with Gasteiger partial charge >= 0.3 is 5.97 Å². The molecule has 0 saturated heterocycles. The highest BCUT2D eigenvalue weighted by Crippen LogP contribution is 2.32. The van der Waals surface area contributed by atoms with E-state index in [1.807, 2.05) is 27.7 Å². The number of rotatable bonds is 65. The molecule has 0 fully saturated rings. The van der Waals surface area contributed by atoms with Gasteiger partial charge in [0.05, 0.1) is 130 Å². The Bertz CT molecular complexity index is 3380. The summed E-state index contributed by atoms with van der Waals surface area (Å²) in [6, 6.07) is -1.64. The van der Waals surface area contributed by atoms with E-state index in [1.54, 1.807) is 71.8 Å². The number of likely N-dealkylation sites (N-methyl/N-ethyl adjacent to an activating group) is 2. The molecule has 0 bridgehead atoms. The molecular formula is C79H131N13O24S. The molecule has 11 amide bonds. The maximum Gasteiger partial charge on any atom is 0.303 e. The first-order valence-electron chi connectivity index (χ1n) is 40.0. The molecule has 0 radical (unpaired) electrons. The van der Waals surface area contributed by atoms with E-state index in [0.29, 0.717) is 131 Å². The van der Waals surface area contributed by atoms with Gasteiger partial charge in [-0.05, 0) is 109 Å². The number of aromatic hydroxyl groups is 1. The fourth-order valence-electron chi connectivity index (χ4n) is 11.4. The lowest BCUT2D eigenvalue weighted by Gasteiger charge is -2.38. The minimum Gasteiger partial charge on any atom is -0.506 e. The smallest absolute Gasteiger partial charge is 0.303 e. The molecule has 38 heteroatoms. The van der Waals surface area contributed by atoms with Crippen LogP contribution in [0.3, 0.4) is 0 Å². The van der Waals surface area contributed by atoms with Gasteiger partial charge in [-0.25, -0.2) is 10.8 Å². The number of ether oxygens (including phenoxy) is 11. The first kappa shape index (κ1) is 103. The number of nitrogens with zero attached hydrogens (tertiary/aromatic N) is 4. The quantitative estimate of drug-likeness (QED) is 0.00863. The number of unbranched alkanes of at least 4 members (excludes halogenated alkanes) is 1. The number of phenols is 1. The number of amides is 11. The second-order valence-corrected chi connectivity index (χ2v) is 30.3. The third kappa shape index (κ3) is 40.8. The Morgan fingerprint density at radius 2 is 1.17 bits per heavy atom. The van der Waals surface area contributed by atoms with Gasteiger partial charge in [-0.15, -0.1) is 11.3 Å². The molecule has 1 aromatic carbocycles. The van der Waals surface area contributed by atoms with Crippen molar-refractivity contribution in [1.29, 1.82) is 0 Å². The van der Waals surface area contributed by atoms with Gasteiger partial charge in [0.1, 0.15) is 47.2 Å². The average molecular weight is 1680 g/mol. The molecule has 8 atom stereocenters. The molecule has 0 saturated carbocycles. The van der Waals surface area contributed by atoms with Crippen molar-refractivity contribution in [2.75, 3.05) is 172 Å². The Morgan fingerprint density at radius 1 is 0.624 bits per heavy atom. The van der Waals surface area contributed by atoms with Crippen LogP contribution in [0.2, 0.25) is 0 Å². The zero-order chi connectivity index (χ0) is 86.8. The van der Waals surface area contributed by atoms with Gasteiger partial charge in [-0.3, -0.25) is 72.8 Å². The van der Waals surface area contributed by atoms with Crippen LogP contribution >= 0.6 is 11.3 Å². The predicted molar refractivity (Wildman–Crippen MR) is 433 cm³/mol. The van der Waals surface area contributed by atoms with Crippen molar-refractivity contribution in [3.63, 3.8) is 0 Å². The number of hydrogen-bond donors (Lipinski definition) is 10. The van der Waals surface area contributed by atoms with Crippen molar-refractivity contribution in [1.82, 2.24) is 57.0 Å². The van der Waals surface area contributed by atoms with E-state index in [2.05, 4.69) is 47.6 Å². The van der Waals surface area contributed by atoms with Crippen LogP contribution in [0.25, 0.3) is 0 Å².